The van der Waals surface area contributed by atoms with Crippen LogP contribution in [0, 0.1) is 0 Å². The summed E-state index contributed by atoms with van der Waals surface area (Å²) in [7, 11) is 1.98. The summed E-state index contributed by atoms with van der Waals surface area (Å²) in [5.74, 6) is -0.168. The molecule has 0 unspecified atom stereocenters. The van der Waals surface area contributed by atoms with Gasteiger partial charge in [0.2, 0.25) is 5.91 Å². The summed E-state index contributed by atoms with van der Waals surface area (Å²) in [6.45, 7) is 2.68. The predicted octanol–water partition coefficient (Wildman–Crippen LogP) is 4.26. The van der Waals surface area contributed by atoms with Crippen molar-refractivity contribution in [3.63, 3.8) is 0 Å². The van der Waals surface area contributed by atoms with Gasteiger partial charge in [0, 0.05) is 36.2 Å². The normalized spacial score (nSPS) is 15.6. The smallest absolute Gasteiger partial charge is 0.340 e. The first-order valence-corrected chi connectivity index (χ1v) is 11.1. The van der Waals surface area contributed by atoms with E-state index in [4.69, 9.17) is 0 Å². The Morgan fingerprint density at radius 2 is 1.74 bits per heavy atom. The Bertz CT molecular complexity index is 1120. The molecule has 6 nitrogen and oxygen atoms in total. The largest absolute Gasteiger partial charge is 0.433 e. The maximum Gasteiger partial charge on any atom is 0.433 e. The minimum absolute atomic E-state index is 0.0221. The molecule has 1 amide bonds. The number of alkyl halides is 3. The molecular weight excluding hydrogens is 543 g/mol. The van der Waals surface area contributed by atoms with Crippen LogP contribution in [0.1, 0.15) is 11.4 Å². The van der Waals surface area contributed by atoms with Crippen LogP contribution in [0.2, 0.25) is 0 Å². The topological polar surface area (TPSA) is 53.7 Å². The summed E-state index contributed by atoms with van der Waals surface area (Å²) in [5, 5.41) is 4.10. The summed E-state index contributed by atoms with van der Waals surface area (Å²) in [6, 6.07) is 7.82. The molecule has 11 heteroatoms. The number of aromatic nitrogens is 3. The SMILES string of the molecule is CN1CCN(C(=O)Cc2nn3c(C(F)(F)F)cc(-c4ccc(Br)cc4)nc3c2Br)CC1. The van der Waals surface area contributed by atoms with Crippen LogP contribution in [0.3, 0.4) is 0 Å². The first-order valence-electron chi connectivity index (χ1n) is 9.51. The molecule has 3 aromatic rings. The van der Waals surface area contributed by atoms with Crippen LogP contribution in [0.4, 0.5) is 13.2 Å². The van der Waals surface area contributed by atoms with Crippen molar-refractivity contribution in [1.29, 1.82) is 0 Å². The minimum atomic E-state index is -4.64. The van der Waals surface area contributed by atoms with Crippen LogP contribution in [-0.2, 0) is 17.4 Å². The van der Waals surface area contributed by atoms with Gasteiger partial charge in [0.25, 0.3) is 0 Å². The first-order chi connectivity index (χ1) is 14.6. The highest BCUT2D eigenvalue weighted by atomic mass is 79.9. The van der Waals surface area contributed by atoms with Gasteiger partial charge in [0.1, 0.15) is 0 Å². The van der Waals surface area contributed by atoms with Crippen LogP contribution in [0.5, 0.6) is 0 Å². The zero-order chi connectivity index (χ0) is 22.3. The number of halogens is 5. The molecule has 0 saturated carbocycles. The number of rotatable bonds is 3. The van der Waals surface area contributed by atoms with Gasteiger partial charge < -0.3 is 9.80 Å². The van der Waals surface area contributed by atoms with E-state index in [2.05, 4.69) is 46.8 Å². The fourth-order valence-electron chi connectivity index (χ4n) is 3.43. The lowest BCUT2D eigenvalue weighted by atomic mass is 10.1. The third kappa shape index (κ3) is 4.63. The molecule has 0 aliphatic carbocycles. The van der Waals surface area contributed by atoms with Crippen molar-refractivity contribution in [2.24, 2.45) is 0 Å². The van der Waals surface area contributed by atoms with Crippen molar-refractivity contribution >= 4 is 43.4 Å². The zero-order valence-electron chi connectivity index (χ0n) is 16.5. The maximum atomic E-state index is 13.8. The Hall–Kier alpha value is -1.98. The number of benzene rings is 1. The number of carbonyl (C=O) groups is 1. The molecule has 0 N–H and O–H groups in total. The number of hydrogen-bond donors (Lipinski definition) is 0. The maximum absolute atomic E-state index is 13.8. The van der Waals surface area contributed by atoms with Gasteiger partial charge in [-0.2, -0.15) is 18.3 Å². The quantitative estimate of drug-likeness (QED) is 0.480. The molecule has 1 aromatic carbocycles. The number of amides is 1. The molecule has 0 bridgehead atoms. The van der Waals surface area contributed by atoms with E-state index in [9.17, 15) is 18.0 Å². The van der Waals surface area contributed by atoms with Crippen molar-refractivity contribution in [1.82, 2.24) is 24.4 Å². The van der Waals surface area contributed by atoms with Gasteiger partial charge in [-0.1, -0.05) is 28.1 Å². The minimum Gasteiger partial charge on any atom is -0.340 e. The fraction of sp³-hybridized carbons (Fsp3) is 0.350. The third-order valence-corrected chi connectivity index (χ3v) is 6.55. The first kappa shape index (κ1) is 22.2. The highest BCUT2D eigenvalue weighted by Gasteiger charge is 2.36. The van der Waals surface area contributed by atoms with Gasteiger partial charge >= 0.3 is 6.18 Å². The highest BCUT2D eigenvalue weighted by molar-refractivity contribution is 9.11. The molecule has 0 atom stereocenters. The summed E-state index contributed by atoms with van der Waals surface area (Å²) in [6.07, 6.45) is -4.74. The molecule has 164 valence electrons. The lowest BCUT2D eigenvalue weighted by Crippen LogP contribution is -2.47. The number of likely N-dealkylation sites (N-methyl/N-ethyl adjacent to an activating group) is 1. The van der Waals surface area contributed by atoms with Crippen molar-refractivity contribution in [2.75, 3.05) is 33.2 Å². The lowest BCUT2D eigenvalue weighted by molar-refractivity contribution is -0.142. The average Bonchev–Trinajstić information content (AvgIpc) is 3.03. The monoisotopic (exact) mass is 559 g/mol. The molecule has 3 heterocycles. The Balaban J connectivity index is 1.74. The molecule has 0 spiro atoms. The lowest BCUT2D eigenvalue weighted by Gasteiger charge is -2.32. The molecular formula is C20H18Br2F3N5O. The average molecular weight is 561 g/mol. The number of hydrogen-bond acceptors (Lipinski definition) is 4. The van der Waals surface area contributed by atoms with E-state index in [-0.39, 0.29) is 29.4 Å². The van der Waals surface area contributed by atoms with Crippen molar-refractivity contribution in [2.45, 2.75) is 12.6 Å². The summed E-state index contributed by atoms with van der Waals surface area (Å²) < 4.78 is 43.3. The molecule has 1 saturated heterocycles. The molecule has 31 heavy (non-hydrogen) atoms. The fourth-order valence-corrected chi connectivity index (χ4v) is 4.17. The summed E-state index contributed by atoms with van der Waals surface area (Å²) >= 11 is 6.65. The van der Waals surface area contributed by atoms with Gasteiger partial charge in [-0.05, 0) is 41.2 Å². The Labute approximate surface area is 193 Å². The summed E-state index contributed by atoms with van der Waals surface area (Å²) in [5.41, 5.74) is 0.0162. The molecule has 2 aromatic heterocycles. The van der Waals surface area contributed by atoms with E-state index < -0.39 is 11.9 Å². The molecule has 1 aliphatic rings. The van der Waals surface area contributed by atoms with E-state index in [0.717, 1.165) is 28.1 Å². The second-order valence-corrected chi connectivity index (χ2v) is 9.10. The second kappa shape index (κ2) is 8.51. The summed E-state index contributed by atoms with van der Waals surface area (Å²) in [4.78, 5) is 20.9. The van der Waals surface area contributed by atoms with Gasteiger partial charge in [-0.25, -0.2) is 9.50 Å². The van der Waals surface area contributed by atoms with Crippen LogP contribution in [0.15, 0.2) is 39.3 Å². The molecule has 4 rings (SSSR count). The predicted molar refractivity (Wildman–Crippen MR) is 117 cm³/mol. The standard InChI is InChI=1S/C20H18Br2F3N5O/c1-28-6-8-29(9-7-28)17(31)11-15-18(22)19-26-14(12-2-4-13(21)5-3-12)10-16(20(23,24)25)30(19)27-15/h2-5,10H,6-9,11H2,1H3. The van der Waals surface area contributed by atoms with Gasteiger partial charge in [0.05, 0.1) is 22.3 Å². The molecule has 1 aliphatic heterocycles. The van der Waals surface area contributed by atoms with Gasteiger partial charge in [-0.15, -0.1) is 0 Å². The van der Waals surface area contributed by atoms with Crippen LogP contribution < -0.4 is 0 Å². The number of carbonyl (C=O) groups excluding carboxylic acids is 1. The van der Waals surface area contributed by atoms with E-state index in [1.54, 1.807) is 29.2 Å². The Morgan fingerprint density at radius 3 is 2.35 bits per heavy atom. The third-order valence-electron chi connectivity index (χ3n) is 5.20. The molecule has 0 radical (unpaired) electrons. The van der Waals surface area contributed by atoms with E-state index in [1.165, 1.54) is 0 Å². The number of nitrogens with zero attached hydrogens (tertiary/aromatic N) is 5. The van der Waals surface area contributed by atoms with Crippen LogP contribution in [-0.4, -0.2) is 63.5 Å². The van der Waals surface area contributed by atoms with Crippen LogP contribution in [0.25, 0.3) is 16.9 Å². The van der Waals surface area contributed by atoms with Gasteiger partial charge in [0.15, 0.2) is 11.3 Å². The van der Waals surface area contributed by atoms with Gasteiger partial charge in [-0.3, -0.25) is 4.79 Å². The highest BCUT2D eigenvalue weighted by Crippen LogP contribution is 2.35. The zero-order valence-corrected chi connectivity index (χ0v) is 19.6. The van der Waals surface area contributed by atoms with Crippen molar-refractivity contribution in [3.05, 3.63) is 50.7 Å². The molecule has 1 fully saturated rings. The van der Waals surface area contributed by atoms with E-state index in [1.807, 2.05) is 7.05 Å². The van der Waals surface area contributed by atoms with E-state index >= 15 is 0 Å². The van der Waals surface area contributed by atoms with Crippen molar-refractivity contribution in [3.8, 4) is 11.3 Å². The Morgan fingerprint density at radius 1 is 1.10 bits per heavy atom. The number of fused-ring (bicyclic) bond motifs is 1. The number of piperazine rings is 1. The Kier molecular flexibility index (Phi) is 6.10. The van der Waals surface area contributed by atoms with Crippen LogP contribution >= 0.6 is 31.9 Å². The second-order valence-electron chi connectivity index (χ2n) is 7.39. The van der Waals surface area contributed by atoms with Crippen molar-refractivity contribution < 1.29 is 18.0 Å². The van der Waals surface area contributed by atoms with E-state index in [0.29, 0.717) is 23.1 Å².